The fourth-order valence-electron chi connectivity index (χ4n) is 2.77. The van der Waals surface area contributed by atoms with Gasteiger partial charge in [-0.1, -0.05) is 71.3 Å². The molecule has 0 aromatic carbocycles. The second-order valence-corrected chi connectivity index (χ2v) is 6.75. The van der Waals surface area contributed by atoms with E-state index in [0.29, 0.717) is 6.61 Å². The summed E-state index contributed by atoms with van der Waals surface area (Å²) in [7, 11) is 0. The van der Waals surface area contributed by atoms with Gasteiger partial charge in [-0.15, -0.1) is 0 Å². The van der Waals surface area contributed by atoms with Gasteiger partial charge in [0, 0.05) is 12.2 Å². The summed E-state index contributed by atoms with van der Waals surface area (Å²) in [4.78, 5) is 23.0. The third-order valence-electron chi connectivity index (χ3n) is 4.29. The molecule has 1 heterocycles. The number of carbonyl (C=O) groups excluding carboxylic acids is 2. The van der Waals surface area contributed by atoms with Crippen LogP contribution >= 0.6 is 0 Å². The van der Waals surface area contributed by atoms with Crippen LogP contribution in [0.2, 0.25) is 0 Å². The second-order valence-electron chi connectivity index (χ2n) is 6.75. The van der Waals surface area contributed by atoms with Gasteiger partial charge in [-0.2, -0.15) is 0 Å². The molecule has 1 saturated heterocycles. The van der Waals surface area contributed by atoms with Crippen LogP contribution < -0.4 is 0 Å². The molecule has 0 spiro atoms. The maximum atomic E-state index is 11.6. The normalized spacial score (nSPS) is 18.4. The Morgan fingerprint density at radius 2 is 1.60 bits per heavy atom. The maximum Gasteiger partial charge on any atom is 0.334 e. The Hall–Kier alpha value is -1.36. The number of unbranched alkanes of at least 4 members (excludes halogenated alkanes) is 9. The molecule has 5 nitrogen and oxygen atoms in total. The molecule has 1 aliphatic heterocycles. The first kappa shape index (κ1) is 21.7. The van der Waals surface area contributed by atoms with Gasteiger partial charge in [-0.3, -0.25) is 4.79 Å². The quantitative estimate of drug-likeness (QED) is 0.280. The predicted molar refractivity (Wildman–Crippen MR) is 97.3 cm³/mol. The van der Waals surface area contributed by atoms with Crippen LogP contribution in [-0.2, 0) is 23.8 Å². The molecule has 1 unspecified atom stereocenters. The van der Waals surface area contributed by atoms with Crippen LogP contribution in [0.15, 0.2) is 12.2 Å². The van der Waals surface area contributed by atoms with E-state index in [2.05, 4.69) is 13.5 Å². The smallest absolute Gasteiger partial charge is 0.334 e. The van der Waals surface area contributed by atoms with Gasteiger partial charge in [0.1, 0.15) is 6.61 Å². The highest BCUT2D eigenvalue weighted by molar-refractivity contribution is 5.93. The fraction of sp³-hybridized carbons (Fsp3) is 0.800. The topological polar surface area (TPSA) is 61.8 Å². The van der Waals surface area contributed by atoms with E-state index >= 15 is 0 Å². The highest BCUT2D eigenvalue weighted by atomic mass is 16.6. The molecule has 1 atom stereocenters. The van der Waals surface area contributed by atoms with Crippen LogP contribution in [0.3, 0.4) is 0 Å². The third-order valence-corrected chi connectivity index (χ3v) is 4.29. The summed E-state index contributed by atoms with van der Waals surface area (Å²) in [5.74, 6) is -0.981. The fourth-order valence-corrected chi connectivity index (χ4v) is 2.77. The number of cyclic esters (lactones) is 2. The lowest BCUT2D eigenvalue weighted by atomic mass is 10.1. The standard InChI is InChI=1S/C20H34O5/c1-3-4-5-6-7-8-9-10-11-12-13-23-15-18-16-24-20(22)17(2)14-19(21)25-18/h18H,2-16H2,1H3. The Balaban J connectivity index is 1.96. The van der Waals surface area contributed by atoms with Crippen molar-refractivity contribution in [3.05, 3.63) is 12.2 Å². The van der Waals surface area contributed by atoms with Gasteiger partial charge in [0.2, 0.25) is 0 Å². The molecule has 0 aromatic heterocycles. The van der Waals surface area contributed by atoms with E-state index in [4.69, 9.17) is 14.2 Å². The first-order valence-corrected chi connectivity index (χ1v) is 9.75. The molecule has 1 fully saturated rings. The number of ether oxygens (including phenoxy) is 3. The van der Waals surface area contributed by atoms with Crippen LogP contribution in [-0.4, -0.2) is 37.9 Å². The van der Waals surface area contributed by atoms with E-state index in [0.717, 1.165) is 12.8 Å². The molecule has 1 aliphatic rings. The van der Waals surface area contributed by atoms with Crippen molar-refractivity contribution >= 4 is 11.9 Å². The van der Waals surface area contributed by atoms with Crippen molar-refractivity contribution < 1.29 is 23.8 Å². The highest BCUT2D eigenvalue weighted by Crippen LogP contribution is 2.12. The first-order chi connectivity index (χ1) is 12.1. The Bertz CT molecular complexity index is 405. The van der Waals surface area contributed by atoms with E-state index < -0.39 is 18.0 Å². The minimum Gasteiger partial charge on any atom is -0.458 e. The number of esters is 2. The van der Waals surface area contributed by atoms with Gasteiger partial charge in [0.25, 0.3) is 0 Å². The average molecular weight is 354 g/mol. The predicted octanol–water partition coefficient (Wildman–Crippen LogP) is 4.34. The summed E-state index contributed by atoms with van der Waals surface area (Å²) in [6.07, 6.45) is 12.2. The number of hydrogen-bond acceptors (Lipinski definition) is 5. The van der Waals surface area contributed by atoms with E-state index in [1.54, 1.807) is 0 Å². The molecular weight excluding hydrogens is 320 g/mol. The summed E-state index contributed by atoms with van der Waals surface area (Å²) in [6.45, 7) is 6.68. The Kier molecular flexibility index (Phi) is 12.0. The monoisotopic (exact) mass is 354 g/mol. The summed E-state index contributed by atoms with van der Waals surface area (Å²) >= 11 is 0. The van der Waals surface area contributed by atoms with Crippen molar-refractivity contribution in [3.63, 3.8) is 0 Å². The van der Waals surface area contributed by atoms with Crippen LogP contribution in [0, 0.1) is 0 Å². The van der Waals surface area contributed by atoms with Crippen LogP contribution in [0.1, 0.15) is 77.6 Å². The molecular formula is C20H34O5. The molecule has 0 aromatic rings. The first-order valence-electron chi connectivity index (χ1n) is 9.75. The molecule has 0 N–H and O–H groups in total. The lowest BCUT2D eigenvalue weighted by Crippen LogP contribution is -2.33. The van der Waals surface area contributed by atoms with E-state index in [9.17, 15) is 9.59 Å². The molecule has 25 heavy (non-hydrogen) atoms. The van der Waals surface area contributed by atoms with Crippen LogP contribution in [0.4, 0.5) is 0 Å². The van der Waals surface area contributed by atoms with Crippen molar-refractivity contribution in [2.24, 2.45) is 0 Å². The molecule has 5 heteroatoms. The van der Waals surface area contributed by atoms with Crippen molar-refractivity contribution in [1.82, 2.24) is 0 Å². The van der Waals surface area contributed by atoms with Crippen LogP contribution in [0.25, 0.3) is 0 Å². The lowest BCUT2D eigenvalue weighted by Gasteiger charge is -2.21. The molecule has 0 saturated carbocycles. The number of carbonyl (C=O) groups is 2. The van der Waals surface area contributed by atoms with Crippen LogP contribution in [0.5, 0.6) is 0 Å². The maximum absolute atomic E-state index is 11.6. The van der Waals surface area contributed by atoms with Gasteiger partial charge in [0.05, 0.1) is 13.0 Å². The lowest BCUT2D eigenvalue weighted by molar-refractivity contribution is -0.164. The molecule has 0 bridgehead atoms. The summed E-state index contributed by atoms with van der Waals surface area (Å²) in [6, 6.07) is 0. The zero-order valence-corrected chi connectivity index (χ0v) is 15.7. The third kappa shape index (κ3) is 11.0. The SMILES string of the molecule is C=C1CC(=O)OC(COCCCCCCCCCCCC)COC1=O. The van der Waals surface area contributed by atoms with Crippen molar-refractivity contribution in [1.29, 1.82) is 0 Å². The van der Waals surface area contributed by atoms with Gasteiger partial charge in [-0.05, 0) is 6.42 Å². The molecule has 0 aliphatic carbocycles. The Morgan fingerprint density at radius 3 is 2.24 bits per heavy atom. The van der Waals surface area contributed by atoms with Gasteiger partial charge in [0.15, 0.2) is 6.10 Å². The zero-order chi connectivity index (χ0) is 18.3. The second kappa shape index (κ2) is 13.9. The summed E-state index contributed by atoms with van der Waals surface area (Å²) < 4.78 is 15.8. The van der Waals surface area contributed by atoms with E-state index in [-0.39, 0.29) is 25.2 Å². The average Bonchev–Trinajstić information content (AvgIpc) is 2.58. The summed E-state index contributed by atoms with van der Waals surface area (Å²) in [5, 5.41) is 0. The Labute approximate surface area is 152 Å². The van der Waals surface area contributed by atoms with Gasteiger partial charge in [-0.25, -0.2) is 4.79 Å². The largest absolute Gasteiger partial charge is 0.458 e. The molecule has 0 radical (unpaired) electrons. The van der Waals surface area contributed by atoms with Gasteiger partial charge >= 0.3 is 11.9 Å². The number of rotatable bonds is 13. The Morgan fingerprint density at radius 1 is 1.00 bits per heavy atom. The van der Waals surface area contributed by atoms with E-state index in [1.165, 1.54) is 51.4 Å². The molecule has 0 amide bonds. The summed E-state index contributed by atoms with van der Waals surface area (Å²) in [5.41, 5.74) is 0.134. The van der Waals surface area contributed by atoms with Crippen molar-refractivity contribution in [2.45, 2.75) is 83.7 Å². The number of hydrogen-bond donors (Lipinski definition) is 0. The highest BCUT2D eigenvalue weighted by Gasteiger charge is 2.24. The minimum atomic E-state index is -0.531. The van der Waals surface area contributed by atoms with E-state index in [1.807, 2.05) is 0 Å². The van der Waals surface area contributed by atoms with Crippen molar-refractivity contribution in [2.75, 3.05) is 19.8 Å². The zero-order valence-electron chi connectivity index (χ0n) is 15.7. The molecule has 144 valence electrons. The molecule has 1 rings (SSSR count). The van der Waals surface area contributed by atoms with Gasteiger partial charge < -0.3 is 14.2 Å². The minimum absolute atomic E-state index is 0.0294. The van der Waals surface area contributed by atoms with Crippen molar-refractivity contribution in [3.8, 4) is 0 Å².